The van der Waals surface area contributed by atoms with Crippen molar-refractivity contribution in [2.24, 2.45) is 0 Å². The number of rotatable bonds is 12. The predicted octanol–water partition coefficient (Wildman–Crippen LogP) is 28.1. The Labute approximate surface area is 723 Å². The molecule has 0 atom stereocenters. The van der Waals surface area contributed by atoms with Gasteiger partial charge in [-0.3, -0.25) is 0 Å². The second kappa shape index (κ2) is 32.7. The molecule has 5 aromatic heterocycles. The third-order valence-corrected chi connectivity index (χ3v) is 23.5. The van der Waals surface area contributed by atoms with Crippen molar-refractivity contribution in [3.63, 3.8) is 0 Å². The lowest BCUT2D eigenvalue weighted by atomic mass is 9.73. The normalized spacial score (nSPS) is 12.3. The van der Waals surface area contributed by atoms with E-state index in [1.54, 1.807) is 0 Å². The molecule has 0 fully saturated rings. The van der Waals surface area contributed by atoms with Crippen molar-refractivity contribution in [1.29, 1.82) is 0 Å². The molecule has 0 spiro atoms. The van der Waals surface area contributed by atoms with Gasteiger partial charge in [0.05, 0.1) is 33.4 Å². The van der Waals surface area contributed by atoms with E-state index in [1.165, 1.54) is 88.4 Å². The van der Waals surface area contributed by atoms with Crippen molar-refractivity contribution in [2.45, 2.75) is 85.5 Å². The van der Waals surface area contributed by atoms with Gasteiger partial charge in [0.1, 0.15) is 0 Å². The van der Waals surface area contributed by atoms with E-state index >= 15 is 0 Å². The van der Waals surface area contributed by atoms with Crippen molar-refractivity contribution < 1.29 is 0 Å². The Balaban J connectivity index is 0.000000122. The van der Waals surface area contributed by atoms with Gasteiger partial charge in [-0.2, -0.15) is 0 Å². The first-order valence-electron chi connectivity index (χ1n) is 42.3. The molecule has 12 nitrogen and oxygen atoms in total. The van der Waals surface area contributed by atoms with Crippen LogP contribution in [0.1, 0.15) is 88.8 Å². The Morgan fingerprint density at radius 3 is 0.694 bits per heavy atom. The zero-order chi connectivity index (χ0) is 84.8. The number of hydrogen-bond donors (Lipinski definition) is 0. The molecule has 600 valence electrons. The maximum atomic E-state index is 4.93. The molecule has 15 aromatic carbocycles. The minimum Gasteiger partial charge on any atom is -0.310 e. The van der Waals surface area contributed by atoms with Crippen molar-refractivity contribution in [3.8, 4) is 114 Å². The first-order chi connectivity index (χ1) is 60.3. The highest BCUT2D eigenvalue weighted by Crippen LogP contribution is 2.52. The van der Waals surface area contributed by atoms with E-state index in [-0.39, 0.29) is 16.2 Å². The highest BCUT2D eigenvalue weighted by atomic mass is 15.2. The molecular weight excluding hydrogens is 1510 g/mol. The number of aromatic nitrogens is 11. The summed E-state index contributed by atoms with van der Waals surface area (Å²) in [5, 5.41) is 5.11. The number of nitrogens with zero attached hydrogens (tertiary/aromatic N) is 12. The van der Waals surface area contributed by atoms with Crippen molar-refractivity contribution >= 4 is 60.7 Å². The molecule has 0 aliphatic carbocycles. The summed E-state index contributed by atoms with van der Waals surface area (Å²) in [6.07, 6.45) is 0. The van der Waals surface area contributed by atoms with Gasteiger partial charge in [0, 0.05) is 94.1 Å². The van der Waals surface area contributed by atoms with Crippen molar-refractivity contribution in [2.75, 3.05) is 4.90 Å². The summed E-state index contributed by atoms with van der Waals surface area (Å²) in [5.74, 6) is 5.94. The summed E-state index contributed by atoms with van der Waals surface area (Å²) < 4.78 is 4.72. The van der Waals surface area contributed by atoms with Gasteiger partial charge in [-0.05, 0) is 180 Å². The van der Waals surface area contributed by atoms with Crippen LogP contribution in [-0.4, -0.2) is 54.0 Å². The number of anilines is 3. The van der Waals surface area contributed by atoms with Crippen LogP contribution in [0.25, 0.3) is 157 Å². The summed E-state index contributed by atoms with van der Waals surface area (Å²) in [6.45, 7) is 22.6. The molecule has 1 aliphatic heterocycles. The second-order valence-corrected chi connectivity index (χ2v) is 34.4. The van der Waals surface area contributed by atoms with E-state index < -0.39 is 0 Å². The maximum Gasteiger partial charge on any atom is 0.164 e. The lowest BCUT2D eigenvalue weighted by molar-refractivity contribution is 0.590. The van der Waals surface area contributed by atoms with Crippen LogP contribution in [-0.2, 0) is 16.2 Å². The van der Waals surface area contributed by atoms with Crippen LogP contribution in [0.2, 0.25) is 0 Å². The van der Waals surface area contributed by atoms with E-state index in [1.807, 2.05) is 182 Å². The van der Waals surface area contributed by atoms with E-state index in [0.29, 0.717) is 52.4 Å². The zero-order valence-corrected chi connectivity index (χ0v) is 71.2. The van der Waals surface area contributed by atoms with Crippen LogP contribution in [0.5, 0.6) is 0 Å². The van der Waals surface area contributed by atoms with Gasteiger partial charge in [0.2, 0.25) is 0 Å². The average Bonchev–Trinajstić information content (AvgIpc) is 0.993. The topological polar surface area (TPSA) is 129 Å². The molecule has 12 heteroatoms. The highest BCUT2D eigenvalue weighted by Gasteiger charge is 2.37. The highest BCUT2D eigenvalue weighted by molar-refractivity contribution is 6.11. The lowest BCUT2D eigenvalue weighted by Crippen LogP contribution is -2.30. The standard InChI is InChI=1S/C41H38N4.C36H28N4.C35H26N4/c1-40(2,3)30-19-23-35-33(25-30)34-26-31(41(4,5)6)20-24-36(34)45(35)32-21-17-29(18-22-32)39-43-37(27-13-9-7-10-14-27)42-38(44-39)28-15-11-8-12-16-28;1-36(2)29-17-9-11-19-31(29)40(32-20-12-10-18-30(32)36)28-23-21-27(22-24-28)35-38-33(25-13-5-3-6-14-25)37-34(39-35)26-15-7-4-8-16-26;1-23-13-19-31-29(21-23)30-22-24(2)14-20-32(30)39(31)28-17-15-27(16-18-28)35-37-33(25-9-5-3-6-10-25)36-34(38-35)26-11-7-4-8-12-26/h7-26H,1-6H3;3-24H,1-2H3;3-22H,1-2H3. The third-order valence-electron chi connectivity index (χ3n) is 23.5. The van der Waals surface area contributed by atoms with Crippen molar-refractivity contribution in [1.82, 2.24) is 54.0 Å². The van der Waals surface area contributed by atoms with E-state index in [0.717, 1.165) is 67.1 Å². The number of aryl methyl sites for hydroxylation is 2. The smallest absolute Gasteiger partial charge is 0.164 e. The molecule has 0 bridgehead atoms. The number of para-hydroxylation sites is 2. The van der Waals surface area contributed by atoms with Crippen LogP contribution in [0.4, 0.5) is 17.1 Å². The molecular formula is C112H92N12. The fraction of sp³-hybridized carbons (Fsp3) is 0.116. The Morgan fingerprint density at radius 1 is 0.218 bits per heavy atom. The fourth-order valence-corrected chi connectivity index (χ4v) is 16.8. The Bertz CT molecular complexity index is 6950. The SMILES string of the molecule is CC(C)(C)c1ccc2c(c1)c1cc(C(C)(C)C)ccc1n2-c1ccc(-c2nc(-c3ccccc3)nc(-c3ccccc3)n2)cc1.CC1(C)c2ccccc2N(c2ccc(-c3nc(-c4ccccc4)nc(-c4ccccc4)n3)cc2)c2ccccc21.Cc1ccc2c(c1)c1cc(C)ccc1n2-c1ccc(-c2nc(-c3ccccc3)nc(-c3ccccc3)n2)cc1. The van der Waals surface area contributed by atoms with Crippen LogP contribution in [0.15, 0.2) is 376 Å². The number of fused-ring (bicyclic) bond motifs is 8. The van der Waals surface area contributed by atoms with Gasteiger partial charge >= 0.3 is 0 Å². The minimum atomic E-state index is -0.0871. The minimum absolute atomic E-state index is 0.0631. The summed E-state index contributed by atoms with van der Waals surface area (Å²) >= 11 is 0. The third kappa shape index (κ3) is 15.6. The molecule has 0 radical (unpaired) electrons. The van der Waals surface area contributed by atoms with Gasteiger partial charge in [-0.1, -0.05) is 309 Å². The molecule has 6 heterocycles. The molecule has 124 heavy (non-hydrogen) atoms. The molecule has 0 saturated heterocycles. The summed E-state index contributed by atoms with van der Waals surface area (Å²) in [4.78, 5) is 46.3. The first kappa shape index (κ1) is 78.6. The van der Waals surface area contributed by atoms with E-state index in [4.69, 9.17) is 44.9 Å². The van der Waals surface area contributed by atoms with E-state index in [9.17, 15) is 0 Å². The van der Waals surface area contributed by atoms with Crippen LogP contribution < -0.4 is 4.90 Å². The van der Waals surface area contributed by atoms with E-state index in [2.05, 4.69) is 277 Å². The van der Waals surface area contributed by atoms with Gasteiger partial charge in [0.15, 0.2) is 52.4 Å². The van der Waals surface area contributed by atoms with Crippen LogP contribution in [0.3, 0.4) is 0 Å². The summed E-state index contributed by atoms with van der Waals surface area (Å²) in [6, 6.07) is 131. The Morgan fingerprint density at radius 2 is 0.435 bits per heavy atom. The van der Waals surface area contributed by atoms with Gasteiger partial charge < -0.3 is 14.0 Å². The Kier molecular flexibility index (Phi) is 20.7. The number of hydrogen-bond acceptors (Lipinski definition) is 10. The Hall–Kier alpha value is -15.3. The largest absolute Gasteiger partial charge is 0.310 e. The molecule has 0 N–H and O–H groups in total. The molecule has 0 unspecified atom stereocenters. The molecule has 1 aliphatic rings. The summed E-state index contributed by atoms with van der Waals surface area (Å²) in [7, 11) is 0. The van der Waals surface area contributed by atoms with Crippen LogP contribution in [0, 0.1) is 13.8 Å². The van der Waals surface area contributed by atoms with Crippen molar-refractivity contribution in [3.05, 3.63) is 409 Å². The molecule has 20 aromatic rings. The monoisotopic (exact) mass is 1600 g/mol. The first-order valence-corrected chi connectivity index (χ1v) is 42.3. The quantitative estimate of drug-likeness (QED) is 0.117. The predicted molar refractivity (Wildman–Crippen MR) is 511 cm³/mol. The maximum absolute atomic E-state index is 4.93. The van der Waals surface area contributed by atoms with Gasteiger partial charge in [-0.15, -0.1) is 0 Å². The molecule has 21 rings (SSSR count). The molecule has 0 amide bonds. The van der Waals surface area contributed by atoms with Crippen LogP contribution >= 0.6 is 0 Å². The van der Waals surface area contributed by atoms with Gasteiger partial charge in [0.25, 0.3) is 0 Å². The second-order valence-electron chi connectivity index (χ2n) is 34.4. The summed E-state index contributed by atoms with van der Waals surface area (Å²) in [5.41, 5.74) is 27.0. The average molecular weight is 1610 g/mol. The van der Waals surface area contributed by atoms with Gasteiger partial charge in [-0.25, -0.2) is 44.9 Å². The fourth-order valence-electron chi connectivity index (χ4n) is 16.8. The zero-order valence-electron chi connectivity index (χ0n) is 71.2. The number of benzene rings is 15. The lowest BCUT2D eigenvalue weighted by Gasteiger charge is -2.42. The molecule has 0 saturated carbocycles.